The Kier molecular flexibility index (Phi) is 4.74. The van der Waals surface area contributed by atoms with E-state index >= 15 is 0 Å². The number of anilines is 1. The summed E-state index contributed by atoms with van der Waals surface area (Å²) in [6.07, 6.45) is 1.72. The van der Waals surface area contributed by atoms with Crippen LogP contribution in [0.25, 0.3) is 0 Å². The lowest BCUT2D eigenvalue weighted by atomic mass is 10.1. The molecule has 1 heterocycles. The van der Waals surface area contributed by atoms with Gasteiger partial charge in [-0.3, -0.25) is 0 Å². The van der Waals surface area contributed by atoms with Crippen LogP contribution in [0.4, 0.5) is 5.82 Å². The maximum atomic E-state index is 9.03. The van der Waals surface area contributed by atoms with Crippen molar-refractivity contribution in [2.45, 2.75) is 13.8 Å². The molecule has 0 radical (unpaired) electrons. The van der Waals surface area contributed by atoms with Crippen molar-refractivity contribution in [2.75, 3.05) is 25.5 Å². The zero-order valence-corrected chi connectivity index (χ0v) is 10.0. The highest BCUT2D eigenvalue weighted by Crippen LogP contribution is 2.15. The fraction of sp³-hybridized carbons (Fsp3) is 0.500. The molecule has 0 spiro atoms. The van der Waals surface area contributed by atoms with Crippen LogP contribution < -0.4 is 10.6 Å². The molecule has 4 nitrogen and oxygen atoms in total. The molecule has 0 saturated carbocycles. The van der Waals surface area contributed by atoms with Gasteiger partial charge < -0.3 is 10.6 Å². The molecule has 0 aliphatic rings. The van der Waals surface area contributed by atoms with Gasteiger partial charge in [-0.25, -0.2) is 4.98 Å². The maximum Gasteiger partial charge on any atom is 0.144 e. The van der Waals surface area contributed by atoms with Crippen LogP contribution in [0.3, 0.4) is 0 Å². The summed E-state index contributed by atoms with van der Waals surface area (Å²) in [7, 11) is 1.93. The molecule has 0 saturated heterocycles. The average molecular weight is 218 g/mol. The van der Waals surface area contributed by atoms with Crippen molar-refractivity contribution >= 4 is 5.82 Å². The number of rotatable bonds is 5. The van der Waals surface area contributed by atoms with E-state index in [4.69, 9.17) is 5.26 Å². The number of nitriles is 1. The van der Waals surface area contributed by atoms with E-state index < -0.39 is 0 Å². The molecule has 2 N–H and O–H groups in total. The van der Waals surface area contributed by atoms with Gasteiger partial charge in [0.2, 0.25) is 0 Å². The van der Waals surface area contributed by atoms with E-state index in [1.54, 1.807) is 6.20 Å². The molecule has 0 amide bonds. The van der Waals surface area contributed by atoms with Gasteiger partial charge >= 0.3 is 0 Å². The van der Waals surface area contributed by atoms with Gasteiger partial charge in [0.25, 0.3) is 0 Å². The molecular formula is C12H18N4. The predicted molar refractivity (Wildman–Crippen MR) is 65.3 cm³/mol. The summed E-state index contributed by atoms with van der Waals surface area (Å²) in [4.78, 5) is 4.19. The lowest BCUT2D eigenvalue weighted by Gasteiger charge is -2.13. The number of hydrogen-bond donors (Lipinski definition) is 2. The third-order valence-corrected chi connectivity index (χ3v) is 2.44. The minimum atomic E-state index is 0.499. The largest absolute Gasteiger partial charge is 0.369 e. The molecule has 86 valence electrons. The van der Waals surface area contributed by atoms with E-state index in [9.17, 15) is 0 Å². The molecule has 4 heteroatoms. The summed E-state index contributed by atoms with van der Waals surface area (Å²) < 4.78 is 0. The highest BCUT2D eigenvalue weighted by molar-refractivity contribution is 5.55. The number of nitrogens with one attached hydrogen (secondary N) is 2. The van der Waals surface area contributed by atoms with Crippen molar-refractivity contribution in [1.82, 2.24) is 10.3 Å². The van der Waals surface area contributed by atoms with Crippen LogP contribution in [0, 0.1) is 24.2 Å². The first-order valence-electron chi connectivity index (χ1n) is 5.43. The summed E-state index contributed by atoms with van der Waals surface area (Å²) in [5.74, 6) is 1.18. The third kappa shape index (κ3) is 3.21. The van der Waals surface area contributed by atoms with Crippen LogP contribution in [-0.4, -0.2) is 25.1 Å². The van der Waals surface area contributed by atoms with E-state index in [0.29, 0.717) is 17.3 Å². The first-order valence-corrected chi connectivity index (χ1v) is 5.43. The van der Waals surface area contributed by atoms with Crippen molar-refractivity contribution in [1.29, 1.82) is 5.26 Å². The van der Waals surface area contributed by atoms with E-state index in [-0.39, 0.29) is 0 Å². The van der Waals surface area contributed by atoms with E-state index in [0.717, 1.165) is 18.7 Å². The van der Waals surface area contributed by atoms with E-state index in [1.165, 1.54) is 0 Å². The molecule has 0 aromatic carbocycles. The summed E-state index contributed by atoms with van der Waals surface area (Å²) in [5.41, 5.74) is 1.60. The smallest absolute Gasteiger partial charge is 0.144 e. The maximum absolute atomic E-state index is 9.03. The summed E-state index contributed by atoms with van der Waals surface area (Å²) in [6, 6.07) is 4.03. The molecule has 1 unspecified atom stereocenters. The number of aromatic nitrogens is 1. The summed E-state index contributed by atoms with van der Waals surface area (Å²) in [5, 5.41) is 15.4. The SMILES string of the molecule is CNCC(C)CNc1nccc(C)c1C#N. The zero-order valence-electron chi connectivity index (χ0n) is 10.0. The minimum absolute atomic E-state index is 0.499. The van der Waals surface area contributed by atoms with Gasteiger partial charge in [-0.2, -0.15) is 5.26 Å². The van der Waals surface area contributed by atoms with Crippen molar-refractivity contribution < 1.29 is 0 Å². The van der Waals surface area contributed by atoms with Crippen LogP contribution in [0.1, 0.15) is 18.1 Å². The van der Waals surface area contributed by atoms with Gasteiger partial charge in [0, 0.05) is 12.7 Å². The Hall–Kier alpha value is -1.60. The Bertz CT molecular complexity index is 381. The Balaban J connectivity index is 2.67. The van der Waals surface area contributed by atoms with Crippen molar-refractivity contribution in [3.8, 4) is 6.07 Å². The molecule has 1 atom stereocenters. The zero-order chi connectivity index (χ0) is 12.0. The quantitative estimate of drug-likeness (QED) is 0.786. The van der Waals surface area contributed by atoms with Gasteiger partial charge in [-0.1, -0.05) is 6.92 Å². The van der Waals surface area contributed by atoms with Crippen molar-refractivity contribution in [2.24, 2.45) is 5.92 Å². The van der Waals surface area contributed by atoms with Crippen LogP contribution in [0.5, 0.6) is 0 Å². The normalized spacial score (nSPS) is 11.9. The minimum Gasteiger partial charge on any atom is -0.369 e. The van der Waals surface area contributed by atoms with Crippen LogP contribution in [0.15, 0.2) is 12.3 Å². The molecule has 0 aliphatic carbocycles. The highest BCUT2D eigenvalue weighted by Gasteiger charge is 2.07. The Morgan fingerprint density at radius 1 is 1.50 bits per heavy atom. The molecule has 0 bridgehead atoms. The standard InChI is InChI=1S/C12H18N4/c1-9(7-14-3)8-16-12-11(6-13)10(2)4-5-15-12/h4-5,9,14H,7-8H2,1-3H3,(H,15,16). The first-order chi connectivity index (χ1) is 7.69. The molecule has 0 fully saturated rings. The highest BCUT2D eigenvalue weighted by atomic mass is 15.0. The Morgan fingerprint density at radius 2 is 2.25 bits per heavy atom. The molecule has 1 rings (SSSR count). The van der Waals surface area contributed by atoms with E-state index in [1.807, 2.05) is 20.0 Å². The molecular weight excluding hydrogens is 200 g/mol. The first kappa shape index (κ1) is 12.5. The Labute approximate surface area is 96.7 Å². The van der Waals surface area contributed by atoms with Gasteiger partial charge in [0.15, 0.2) is 0 Å². The predicted octanol–water partition coefficient (Wildman–Crippen LogP) is 1.53. The second-order valence-electron chi connectivity index (χ2n) is 4.01. The number of nitrogens with zero attached hydrogens (tertiary/aromatic N) is 2. The molecule has 16 heavy (non-hydrogen) atoms. The number of pyridine rings is 1. The van der Waals surface area contributed by atoms with Gasteiger partial charge in [-0.05, 0) is 38.1 Å². The van der Waals surface area contributed by atoms with E-state index in [2.05, 4.69) is 28.6 Å². The third-order valence-electron chi connectivity index (χ3n) is 2.44. The van der Waals surface area contributed by atoms with Gasteiger partial charge in [0.1, 0.15) is 11.9 Å². The van der Waals surface area contributed by atoms with Gasteiger partial charge in [0.05, 0.1) is 5.56 Å². The number of hydrogen-bond acceptors (Lipinski definition) is 4. The monoisotopic (exact) mass is 218 g/mol. The van der Waals surface area contributed by atoms with Gasteiger partial charge in [-0.15, -0.1) is 0 Å². The summed E-state index contributed by atoms with van der Waals surface area (Å²) in [6.45, 7) is 5.82. The van der Waals surface area contributed by atoms with Crippen LogP contribution in [-0.2, 0) is 0 Å². The fourth-order valence-corrected chi connectivity index (χ4v) is 1.52. The van der Waals surface area contributed by atoms with Crippen LogP contribution in [0.2, 0.25) is 0 Å². The van der Waals surface area contributed by atoms with Crippen molar-refractivity contribution in [3.05, 3.63) is 23.4 Å². The fourth-order valence-electron chi connectivity index (χ4n) is 1.52. The summed E-state index contributed by atoms with van der Waals surface area (Å²) >= 11 is 0. The van der Waals surface area contributed by atoms with Crippen molar-refractivity contribution in [3.63, 3.8) is 0 Å². The molecule has 1 aromatic rings. The Morgan fingerprint density at radius 3 is 2.88 bits per heavy atom. The lowest BCUT2D eigenvalue weighted by Crippen LogP contribution is -2.23. The topological polar surface area (TPSA) is 60.7 Å². The molecule has 0 aliphatic heterocycles. The second kappa shape index (κ2) is 6.09. The van der Waals surface area contributed by atoms with Crippen LogP contribution >= 0.6 is 0 Å². The average Bonchev–Trinajstić information content (AvgIpc) is 2.27. The molecule has 1 aromatic heterocycles. The number of aryl methyl sites for hydroxylation is 1. The second-order valence-corrected chi connectivity index (χ2v) is 4.01. The lowest BCUT2D eigenvalue weighted by molar-refractivity contribution is 0.569.